The number of nitrogens with zero attached hydrogens (tertiary/aromatic N) is 1. The second kappa shape index (κ2) is 7.74. The number of hydrogen-bond acceptors (Lipinski definition) is 0. The first-order valence-corrected chi connectivity index (χ1v) is 7.74. The second-order valence-electron chi connectivity index (χ2n) is 5.31. The lowest BCUT2D eigenvalue weighted by molar-refractivity contribution is 0.632. The number of aromatic nitrogens is 1. The van der Waals surface area contributed by atoms with Crippen LogP contribution in [0.3, 0.4) is 0 Å². The highest BCUT2D eigenvalue weighted by Crippen LogP contribution is 2.26. The molecule has 1 aromatic heterocycles. The van der Waals surface area contributed by atoms with Crippen LogP contribution in [0.1, 0.15) is 44.6 Å². The molecule has 106 valence electrons. The van der Waals surface area contributed by atoms with Crippen molar-refractivity contribution in [3.63, 3.8) is 0 Å². The molecule has 1 aromatic carbocycles. The van der Waals surface area contributed by atoms with Gasteiger partial charge in [0.25, 0.3) is 0 Å². The maximum atomic E-state index is 3.91. The Bertz CT molecular complexity index is 522. The van der Waals surface area contributed by atoms with Crippen LogP contribution in [0.25, 0.3) is 17.5 Å². The van der Waals surface area contributed by atoms with Crippen LogP contribution in [0.2, 0.25) is 0 Å². The number of rotatable bonds is 8. The maximum Gasteiger partial charge on any atom is 0.0553 e. The van der Waals surface area contributed by atoms with Gasteiger partial charge >= 0.3 is 0 Å². The van der Waals surface area contributed by atoms with E-state index in [9.17, 15) is 0 Å². The Morgan fingerprint density at radius 3 is 2.45 bits per heavy atom. The smallest absolute Gasteiger partial charge is 0.0553 e. The van der Waals surface area contributed by atoms with Crippen LogP contribution in [-0.4, -0.2) is 4.57 Å². The molecule has 20 heavy (non-hydrogen) atoms. The van der Waals surface area contributed by atoms with Gasteiger partial charge in [-0.3, -0.25) is 0 Å². The molecule has 0 aliphatic heterocycles. The summed E-state index contributed by atoms with van der Waals surface area (Å²) in [5, 5.41) is 0. The molecule has 1 heteroatoms. The molecule has 1 nitrogen and oxygen atoms in total. The van der Waals surface area contributed by atoms with Crippen LogP contribution in [0, 0.1) is 0 Å². The quantitative estimate of drug-likeness (QED) is 0.535. The van der Waals surface area contributed by atoms with Gasteiger partial charge in [-0.2, -0.15) is 0 Å². The van der Waals surface area contributed by atoms with Gasteiger partial charge in [0.2, 0.25) is 0 Å². The van der Waals surface area contributed by atoms with Gasteiger partial charge in [-0.05, 0) is 30.0 Å². The van der Waals surface area contributed by atoms with Crippen molar-refractivity contribution in [3.05, 3.63) is 54.7 Å². The van der Waals surface area contributed by atoms with Gasteiger partial charge in [-0.15, -0.1) is 0 Å². The Morgan fingerprint density at radius 1 is 1.00 bits per heavy atom. The first-order chi connectivity index (χ1) is 9.86. The molecular weight excluding hydrogens is 242 g/mol. The molecule has 0 unspecified atom stereocenters. The van der Waals surface area contributed by atoms with Crippen molar-refractivity contribution in [1.82, 2.24) is 4.57 Å². The van der Waals surface area contributed by atoms with E-state index < -0.39 is 0 Å². The Kier molecular flexibility index (Phi) is 5.67. The summed E-state index contributed by atoms with van der Waals surface area (Å²) in [6.07, 6.45) is 11.8. The third-order valence-electron chi connectivity index (χ3n) is 3.79. The van der Waals surface area contributed by atoms with E-state index in [0.29, 0.717) is 0 Å². The van der Waals surface area contributed by atoms with E-state index in [2.05, 4.69) is 60.7 Å². The van der Waals surface area contributed by atoms with Crippen LogP contribution >= 0.6 is 0 Å². The fourth-order valence-electron chi connectivity index (χ4n) is 2.69. The van der Waals surface area contributed by atoms with Gasteiger partial charge in [0.15, 0.2) is 0 Å². The van der Waals surface area contributed by atoms with Crippen LogP contribution < -0.4 is 0 Å². The Hall–Kier alpha value is -1.76. The average molecular weight is 267 g/mol. The minimum absolute atomic E-state index is 1.16. The molecule has 0 amide bonds. The van der Waals surface area contributed by atoms with E-state index >= 15 is 0 Å². The molecule has 0 saturated carbocycles. The first-order valence-electron chi connectivity index (χ1n) is 7.74. The molecule has 0 bridgehead atoms. The SMILES string of the molecule is C=Cn1ccc(CCCCCCC)c1-c1ccccc1. The van der Waals surface area contributed by atoms with Gasteiger partial charge in [0, 0.05) is 12.4 Å². The minimum atomic E-state index is 1.16. The van der Waals surface area contributed by atoms with Crippen molar-refractivity contribution < 1.29 is 0 Å². The summed E-state index contributed by atoms with van der Waals surface area (Å²) in [5.74, 6) is 0. The third-order valence-corrected chi connectivity index (χ3v) is 3.79. The summed E-state index contributed by atoms with van der Waals surface area (Å²) < 4.78 is 2.14. The molecule has 2 aromatic rings. The average Bonchev–Trinajstić information content (AvgIpc) is 2.91. The van der Waals surface area contributed by atoms with E-state index in [4.69, 9.17) is 0 Å². The normalized spacial score (nSPS) is 10.7. The highest BCUT2D eigenvalue weighted by atomic mass is 14.9. The number of aryl methyl sites for hydroxylation is 1. The lowest BCUT2D eigenvalue weighted by atomic mass is 10.0. The predicted octanol–water partition coefficient (Wildman–Crippen LogP) is 5.77. The van der Waals surface area contributed by atoms with Crippen molar-refractivity contribution in [2.75, 3.05) is 0 Å². The number of hydrogen-bond donors (Lipinski definition) is 0. The minimum Gasteiger partial charge on any atom is -0.324 e. The first kappa shape index (κ1) is 14.6. The summed E-state index contributed by atoms with van der Waals surface area (Å²) in [6.45, 7) is 6.18. The summed E-state index contributed by atoms with van der Waals surface area (Å²) in [5.41, 5.74) is 4.02. The van der Waals surface area contributed by atoms with E-state index in [-0.39, 0.29) is 0 Å². The van der Waals surface area contributed by atoms with Crippen molar-refractivity contribution in [3.8, 4) is 11.3 Å². The molecule has 1 heterocycles. The van der Waals surface area contributed by atoms with E-state index in [1.807, 2.05) is 6.20 Å². The molecule has 0 aliphatic rings. The molecule has 0 atom stereocenters. The van der Waals surface area contributed by atoms with Gasteiger partial charge in [0.05, 0.1) is 5.69 Å². The van der Waals surface area contributed by atoms with Gasteiger partial charge < -0.3 is 4.57 Å². The van der Waals surface area contributed by atoms with Crippen molar-refractivity contribution in [2.45, 2.75) is 45.4 Å². The zero-order valence-corrected chi connectivity index (χ0v) is 12.5. The van der Waals surface area contributed by atoms with Crippen molar-refractivity contribution in [1.29, 1.82) is 0 Å². The lowest BCUT2D eigenvalue weighted by Gasteiger charge is -2.08. The van der Waals surface area contributed by atoms with E-state index in [1.54, 1.807) is 0 Å². The van der Waals surface area contributed by atoms with Gasteiger partial charge in [-0.25, -0.2) is 0 Å². The zero-order valence-electron chi connectivity index (χ0n) is 12.5. The van der Waals surface area contributed by atoms with Gasteiger partial charge in [0.1, 0.15) is 0 Å². The van der Waals surface area contributed by atoms with Crippen LogP contribution in [-0.2, 0) is 6.42 Å². The molecular formula is C19H25N. The fourth-order valence-corrected chi connectivity index (χ4v) is 2.69. The van der Waals surface area contributed by atoms with E-state index in [1.165, 1.54) is 48.9 Å². The van der Waals surface area contributed by atoms with Crippen LogP contribution in [0.5, 0.6) is 0 Å². The Morgan fingerprint density at radius 2 is 1.75 bits per heavy atom. The summed E-state index contributed by atoms with van der Waals surface area (Å²) in [6, 6.07) is 12.9. The van der Waals surface area contributed by atoms with E-state index in [0.717, 1.165) is 6.42 Å². The Labute approximate surface area is 123 Å². The number of benzene rings is 1. The third kappa shape index (κ3) is 3.63. The molecule has 2 rings (SSSR count). The zero-order chi connectivity index (χ0) is 14.2. The monoisotopic (exact) mass is 267 g/mol. The maximum absolute atomic E-state index is 3.91. The summed E-state index contributed by atoms with van der Waals surface area (Å²) >= 11 is 0. The molecule has 0 saturated heterocycles. The summed E-state index contributed by atoms with van der Waals surface area (Å²) in [4.78, 5) is 0. The molecule has 0 N–H and O–H groups in total. The van der Waals surface area contributed by atoms with Gasteiger partial charge in [-0.1, -0.05) is 69.5 Å². The van der Waals surface area contributed by atoms with Crippen LogP contribution in [0.4, 0.5) is 0 Å². The molecule has 0 aliphatic carbocycles. The highest BCUT2D eigenvalue weighted by molar-refractivity contribution is 5.66. The second-order valence-corrected chi connectivity index (χ2v) is 5.31. The fraction of sp³-hybridized carbons (Fsp3) is 0.368. The lowest BCUT2D eigenvalue weighted by Crippen LogP contribution is -1.93. The molecule has 0 spiro atoms. The molecule has 0 fully saturated rings. The summed E-state index contributed by atoms with van der Waals surface area (Å²) in [7, 11) is 0. The molecule has 0 radical (unpaired) electrons. The van der Waals surface area contributed by atoms with Crippen molar-refractivity contribution >= 4 is 6.20 Å². The number of unbranched alkanes of at least 4 members (excludes halogenated alkanes) is 4. The highest BCUT2D eigenvalue weighted by Gasteiger charge is 2.09. The predicted molar refractivity (Wildman–Crippen MR) is 88.7 cm³/mol. The standard InChI is InChI=1S/C19H25N/c1-3-5-6-7-9-14-18-15-16-20(4-2)19(18)17-12-10-8-11-13-17/h4,8,10-13,15-16H,2-3,5-7,9,14H2,1H3. The van der Waals surface area contributed by atoms with Crippen molar-refractivity contribution in [2.24, 2.45) is 0 Å². The Balaban J connectivity index is 2.10. The largest absolute Gasteiger partial charge is 0.324 e. The van der Waals surface area contributed by atoms with Crippen LogP contribution in [0.15, 0.2) is 49.2 Å². The topological polar surface area (TPSA) is 4.93 Å².